The fourth-order valence-electron chi connectivity index (χ4n) is 2.22. The third kappa shape index (κ3) is 2.03. The van der Waals surface area contributed by atoms with E-state index in [1.165, 1.54) is 5.54 Å². The van der Waals surface area contributed by atoms with Gasteiger partial charge in [-0.1, -0.05) is 35.9 Å². The molecular formula is C13H13ClO3. The summed E-state index contributed by atoms with van der Waals surface area (Å²) in [5.74, 6) is -0.174. The number of hydrogen-bond acceptors (Lipinski definition) is 2. The van der Waals surface area contributed by atoms with Crippen LogP contribution in [0.5, 0.6) is 5.75 Å². The Labute approximate surface area is 105 Å². The Morgan fingerprint density at radius 2 is 2.29 bits per heavy atom. The molecule has 1 unspecified atom stereocenters. The Morgan fingerprint density at radius 1 is 1.53 bits per heavy atom. The number of carbonyl (C=O) groups is 1. The number of rotatable bonds is 3. The molecule has 0 saturated carbocycles. The molecule has 1 aromatic rings. The molecule has 1 aliphatic rings. The third-order valence-electron chi connectivity index (χ3n) is 3.15. The summed E-state index contributed by atoms with van der Waals surface area (Å²) in [5, 5.41) is 9.53. The van der Waals surface area contributed by atoms with Gasteiger partial charge in [-0.15, -0.1) is 0 Å². The number of aliphatic carboxylic acids is 1. The van der Waals surface area contributed by atoms with Crippen LogP contribution in [0.15, 0.2) is 35.9 Å². The van der Waals surface area contributed by atoms with Gasteiger partial charge in [0, 0.05) is 17.5 Å². The molecule has 1 aromatic carbocycles. The van der Waals surface area contributed by atoms with Crippen molar-refractivity contribution in [1.82, 2.24) is 0 Å². The monoisotopic (exact) mass is 252 g/mol. The maximum absolute atomic E-state index is 11.6. The molecule has 0 spiro atoms. The zero-order valence-corrected chi connectivity index (χ0v) is 9.98. The Morgan fingerprint density at radius 3 is 3.00 bits per heavy atom. The fraction of sp³-hybridized carbons (Fsp3) is 0.308. The van der Waals surface area contributed by atoms with Crippen LogP contribution in [0.25, 0.3) is 0 Å². The second kappa shape index (κ2) is 4.80. The first-order valence-electron chi connectivity index (χ1n) is 5.41. The summed E-state index contributed by atoms with van der Waals surface area (Å²) in [6.45, 7) is 0.416. The lowest BCUT2D eigenvalue weighted by Crippen LogP contribution is -2.40. The van der Waals surface area contributed by atoms with Crippen molar-refractivity contribution in [2.75, 3.05) is 6.61 Å². The van der Waals surface area contributed by atoms with Gasteiger partial charge in [0.15, 0.2) is 0 Å². The van der Waals surface area contributed by atoms with Crippen molar-refractivity contribution in [3.05, 3.63) is 41.4 Å². The molecule has 0 bridgehead atoms. The quantitative estimate of drug-likeness (QED) is 0.900. The van der Waals surface area contributed by atoms with Gasteiger partial charge in [0.25, 0.3) is 0 Å². The van der Waals surface area contributed by atoms with E-state index in [0.29, 0.717) is 25.2 Å². The Hall–Kier alpha value is -1.48. The summed E-state index contributed by atoms with van der Waals surface area (Å²) in [6, 6.07) is 7.28. The van der Waals surface area contributed by atoms with Gasteiger partial charge in [0.2, 0.25) is 0 Å². The minimum atomic E-state index is -0.916. The van der Waals surface area contributed by atoms with Crippen LogP contribution in [0.2, 0.25) is 0 Å². The fourth-order valence-corrected chi connectivity index (χ4v) is 2.31. The van der Waals surface area contributed by atoms with Crippen LogP contribution < -0.4 is 4.74 Å². The lowest BCUT2D eigenvalue weighted by atomic mass is 9.73. The van der Waals surface area contributed by atoms with E-state index >= 15 is 0 Å². The smallest absolute Gasteiger partial charge is 0.314 e. The van der Waals surface area contributed by atoms with Crippen molar-refractivity contribution >= 4 is 17.6 Å². The van der Waals surface area contributed by atoms with Gasteiger partial charge in [-0.2, -0.15) is 0 Å². The summed E-state index contributed by atoms with van der Waals surface area (Å²) in [7, 11) is 0. The molecule has 1 atom stereocenters. The topological polar surface area (TPSA) is 46.5 Å². The molecule has 0 amide bonds. The molecule has 0 aromatic heterocycles. The van der Waals surface area contributed by atoms with Gasteiger partial charge in [-0.05, 0) is 12.5 Å². The zero-order chi connectivity index (χ0) is 12.3. The molecular weight excluding hydrogens is 240 g/mol. The van der Waals surface area contributed by atoms with Crippen LogP contribution in [-0.2, 0) is 10.2 Å². The zero-order valence-electron chi connectivity index (χ0n) is 9.23. The van der Waals surface area contributed by atoms with Gasteiger partial charge < -0.3 is 9.84 Å². The van der Waals surface area contributed by atoms with Crippen LogP contribution in [0.1, 0.15) is 18.4 Å². The predicted molar refractivity (Wildman–Crippen MR) is 65.5 cm³/mol. The molecule has 4 heteroatoms. The third-order valence-corrected chi connectivity index (χ3v) is 3.33. The number of fused-ring (bicyclic) bond motifs is 1. The van der Waals surface area contributed by atoms with Gasteiger partial charge in [-0.3, -0.25) is 4.79 Å². The number of carboxylic acid groups (broad SMARTS) is 1. The number of benzene rings is 1. The van der Waals surface area contributed by atoms with E-state index in [1.807, 2.05) is 18.2 Å². The van der Waals surface area contributed by atoms with Crippen LogP contribution in [-0.4, -0.2) is 17.7 Å². The average Bonchev–Trinajstić information content (AvgIpc) is 2.36. The Balaban J connectivity index is 2.51. The summed E-state index contributed by atoms with van der Waals surface area (Å²) in [4.78, 5) is 11.6. The van der Waals surface area contributed by atoms with Gasteiger partial charge >= 0.3 is 5.97 Å². The van der Waals surface area contributed by atoms with Crippen LogP contribution in [0.3, 0.4) is 0 Å². The van der Waals surface area contributed by atoms with Crippen molar-refractivity contribution in [3.8, 4) is 5.75 Å². The molecule has 0 fully saturated rings. The van der Waals surface area contributed by atoms with Gasteiger partial charge in [0.05, 0.1) is 6.61 Å². The second-order valence-electron chi connectivity index (χ2n) is 4.05. The van der Waals surface area contributed by atoms with E-state index in [1.54, 1.807) is 12.1 Å². The molecule has 1 N–H and O–H groups in total. The SMILES string of the molecule is O=C(O)C1(C/C=C/Cl)CCOc2ccccc21. The lowest BCUT2D eigenvalue weighted by Gasteiger charge is -2.34. The van der Waals surface area contributed by atoms with Gasteiger partial charge in [-0.25, -0.2) is 0 Å². The first-order chi connectivity index (χ1) is 8.20. The minimum absolute atomic E-state index is 0.381. The van der Waals surface area contributed by atoms with E-state index < -0.39 is 11.4 Å². The average molecular weight is 253 g/mol. The van der Waals surface area contributed by atoms with Gasteiger partial charge in [0.1, 0.15) is 11.2 Å². The first-order valence-corrected chi connectivity index (χ1v) is 5.85. The minimum Gasteiger partial charge on any atom is -0.493 e. The van der Waals surface area contributed by atoms with Crippen LogP contribution in [0.4, 0.5) is 0 Å². The van der Waals surface area contributed by atoms with E-state index in [-0.39, 0.29) is 0 Å². The number of halogens is 1. The molecule has 90 valence electrons. The maximum atomic E-state index is 11.6. The standard InChI is InChI=1S/C13H13ClO3/c14-8-3-6-13(12(15)16)7-9-17-11-5-2-1-4-10(11)13/h1-5,8H,6-7,9H2,(H,15,16)/b8-3+. The first kappa shape index (κ1) is 12.0. The molecule has 1 heterocycles. The Kier molecular flexibility index (Phi) is 3.38. The summed E-state index contributed by atoms with van der Waals surface area (Å²) >= 11 is 5.51. The molecule has 2 rings (SSSR count). The maximum Gasteiger partial charge on any atom is 0.314 e. The van der Waals surface area contributed by atoms with E-state index in [4.69, 9.17) is 16.3 Å². The van der Waals surface area contributed by atoms with Crippen molar-refractivity contribution in [2.24, 2.45) is 0 Å². The highest BCUT2D eigenvalue weighted by atomic mass is 35.5. The second-order valence-corrected chi connectivity index (χ2v) is 4.30. The highest BCUT2D eigenvalue weighted by molar-refractivity contribution is 6.25. The molecule has 17 heavy (non-hydrogen) atoms. The van der Waals surface area contributed by atoms with Crippen molar-refractivity contribution in [1.29, 1.82) is 0 Å². The van der Waals surface area contributed by atoms with Crippen LogP contribution >= 0.6 is 11.6 Å². The number of hydrogen-bond donors (Lipinski definition) is 1. The summed E-state index contributed by atoms with van der Waals surface area (Å²) in [5.41, 5.74) is 1.18. The normalized spacial score (nSPS) is 23.1. The van der Waals surface area contributed by atoms with Crippen molar-refractivity contribution < 1.29 is 14.6 Å². The molecule has 0 radical (unpaired) electrons. The summed E-state index contributed by atoms with van der Waals surface area (Å²) in [6.07, 6.45) is 2.52. The van der Waals surface area contributed by atoms with Crippen molar-refractivity contribution in [3.63, 3.8) is 0 Å². The van der Waals surface area contributed by atoms with E-state index in [2.05, 4.69) is 0 Å². The predicted octanol–water partition coefficient (Wildman–Crippen LogP) is 2.93. The number of carboxylic acids is 1. The number of para-hydroxylation sites is 1. The highest BCUT2D eigenvalue weighted by Crippen LogP contribution is 2.41. The highest BCUT2D eigenvalue weighted by Gasteiger charge is 2.43. The van der Waals surface area contributed by atoms with Crippen LogP contribution in [0, 0.1) is 0 Å². The van der Waals surface area contributed by atoms with Crippen molar-refractivity contribution in [2.45, 2.75) is 18.3 Å². The molecule has 1 aliphatic heterocycles. The molecule has 0 saturated heterocycles. The van der Waals surface area contributed by atoms with E-state index in [9.17, 15) is 9.90 Å². The number of ether oxygens (including phenoxy) is 1. The number of allylic oxidation sites excluding steroid dienone is 1. The lowest BCUT2D eigenvalue weighted by molar-refractivity contribution is -0.145. The molecule has 3 nitrogen and oxygen atoms in total. The Bertz CT molecular complexity index is 456. The summed E-state index contributed by atoms with van der Waals surface area (Å²) < 4.78 is 5.49. The molecule has 0 aliphatic carbocycles. The largest absolute Gasteiger partial charge is 0.493 e. The van der Waals surface area contributed by atoms with E-state index in [0.717, 1.165) is 5.56 Å².